The van der Waals surface area contributed by atoms with Crippen LogP contribution in [-0.4, -0.2) is 42.5 Å². The first kappa shape index (κ1) is 24.1. The van der Waals surface area contributed by atoms with Gasteiger partial charge in [0.1, 0.15) is 5.76 Å². The van der Waals surface area contributed by atoms with E-state index in [9.17, 15) is 14.7 Å². The summed E-state index contributed by atoms with van der Waals surface area (Å²) in [6.07, 6.45) is 0.500. The lowest BCUT2D eigenvalue weighted by Crippen LogP contribution is -2.31. The van der Waals surface area contributed by atoms with Gasteiger partial charge in [-0.1, -0.05) is 65.7 Å². The zero-order valence-corrected chi connectivity index (χ0v) is 20.4. The van der Waals surface area contributed by atoms with Crippen LogP contribution in [-0.2, 0) is 16.0 Å². The van der Waals surface area contributed by atoms with Crippen LogP contribution < -0.4 is 9.47 Å². The van der Waals surface area contributed by atoms with Crippen molar-refractivity contribution in [3.63, 3.8) is 0 Å². The normalized spacial score (nSPS) is 17.0. The number of aliphatic hydroxyl groups is 1. The third-order valence-corrected chi connectivity index (χ3v) is 6.31. The van der Waals surface area contributed by atoms with E-state index >= 15 is 0 Å². The Kier molecular flexibility index (Phi) is 6.92. The molecule has 1 N–H and O–H groups in total. The molecule has 0 aromatic heterocycles. The van der Waals surface area contributed by atoms with Crippen molar-refractivity contribution in [2.75, 3.05) is 20.8 Å². The van der Waals surface area contributed by atoms with Crippen molar-refractivity contribution in [2.24, 2.45) is 0 Å². The average molecular weight is 472 g/mol. The second-order valence-electron chi connectivity index (χ2n) is 8.71. The number of likely N-dealkylation sites (tertiary alicyclic amines) is 1. The van der Waals surface area contributed by atoms with Crippen LogP contribution in [0, 0.1) is 13.8 Å². The van der Waals surface area contributed by atoms with Crippen molar-refractivity contribution in [1.29, 1.82) is 0 Å². The van der Waals surface area contributed by atoms with E-state index < -0.39 is 17.7 Å². The zero-order valence-electron chi connectivity index (χ0n) is 20.4. The van der Waals surface area contributed by atoms with E-state index in [1.165, 1.54) is 0 Å². The molecule has 0 spiro atoms. The van der Waals surface area contributed by atoms with Crippen LogP contribution in [0.2, 0.25) is 0 Å². The highest BCUT2D eigenvalue weighted by molar-refractivity contribution is 6.46. The molecule has 1 unspecified atom stereocenters. The monoisotopic (exact) mass is 471 g/mol. The number of benzene rings is 3. The Hall–Kier alpha value is -4.06. The lowest BCUT2D eigenvalue weighted by molar-refractivity contribution is -0.139. The van der Waals surface area contributed by atoms with Crippen molar-refractivity contribution < 1.29 is 24.2 Å². The van der Waals surface area contributed by atoms with Gasteiger partial charge in [-0.15, -0.1) is 0 Å². The van der Waals surface area contributed by atoms with Gasteiger partial charge in [-0.3, -0.25) is 9.59 Å². The summed E-state index contributed by atoms with van der Waals surface area (Å²) >= 11 is 0. The number of amides is 1. The van der Waals surface area contributed by atoms with Gasteiger partial charge >= 0.3 is 0 Å². The van der Waals surface area contributed by atoms with Crippen LogP contribution in [0.15, 0.2) is 72.3 Å². The molecule has 1 fully saturated rings. The highest BCUT2D eigenvalue weighted by Gasteiger charge is 2.45. The quantitative estimate of drug-likeness (QED) is 0.299. The lowest BCUT2D eigenvalue weighted by Gasteiger charge is -2.26. The molecule has 1 amide bonds. The van der Waals surface area contributed by atoms with Gasteiger partial charge in [-0.05, 0) is 43.5 Å². The Labute approximate surface area is 205 Å². The molecule has 6 heteroatoms. The molecular formula is C29H29NO5. The van der Waals surface area contributed by atoms with E-state index in [2.05, 4.69) is 0 Å². The molecule has 6 nitrogen and oxygen atoms in total. The third-order valence-electron chi connectivity index (χ3n) is 6.31. The number of nitrogens with zero attached hydrogens (tertiary/aromatic N) is 1. The molecule has 1 atom stereocenters. The summed E-state index contributed by atoms with van der Waals surface area (Å²) in [5, 5.41) is 11.2. The maximum Gasteiger partial charge on any atom is 0.295 e. The van der Waals surface area contributed by atoms with Gasteiger partial charge in [0, 0.05) is 12.1 Å². The van der Waals surface area contributed by atoms with Gasteiger partial charge in [-0.25, -0.2) is 0 Å². The average Bonchev–Trinajstić information content (AvgIpc) is 3.12. The maximum atomic E-state index is 13.2. The van der Waals surface area contributed by atoms with Crippen LogP contribution in [0.3, 0.4) is 0 Å². The highest BCUT2D eigenvalue weighted by Crippen LogP contribution is 2.40. The number of Topliss-reactive ketones (excluding diaryl/α,β-unsaturated/α-hetero) is 1. The summed E-state index contributed by atoms with van der Waals surface area (Å²) in [6.45, 7) is 4.20. The van der Waals surface area contributed by atoms with Gasteiger partial charge in [0.05, 0.1) is 25.8 Å². The summed E-state index contributed by atoms with van der Waals surface area (Å²) in [4.78, 5) is 28.0. The molecule has 0 radical (unpaired) electrons. The first-order valence-corrected chi connectivity index (χ1v) is 11.5. The Morgan fingerprint density at radius 1 is 0.886 bits per heavy atom. The van der Waals surface area contributed by atoms with Crippen LogP contribution in [0.1, 0.15) is 33.9 Å². The molecule has 3 aromatic rings. The number of aryl methyl sites for hydroxylation is 2. The third kappa shape index (κ3) is 4.78. The minimum Gasteiger partial charge on any atom is -0.507 e. The zero-order chi connectivity index (χ0) is 25.1. The largest absolute Gasteiger partial charge is 0.507 e. The summed E-state index contributed by atoms with van der Waals surface area (Å²) in [6, 6.07) is 19.8. The smallest absolute Gasteiger partial charge is 0.295 e. The van der Waals surface area contributed by atoms with E-state index in [0.29, 0.717) is 30.0 Å². The second-order valence-corrected chi connectivity index (χ2v) is 8.71. The van der Waals surface area contributed by atoms with Crippen molar-refractivity contribution in [2.45, 2.75) is 26.3 Å². The summed E-state index contributed by atoms with van der Waals surface area (Å²) < 4.78 is 10.7. The van der Waals surface area contributed by atoms with E-state index in [4.69, 9.17) is 9.47 Å². The molecule has 3 aromatic carbocycles. The summed E-state index contributed by atoms with van der Waals surface area (Å²) in [5.41, 5.74) is 4.37. The fraction of sp³-hybridized carbons (Fsp3) is 0.241. The van der Waals surface area contributed by atoms with Crippen molar-refractivity contribution in [1.82, 2.24) is 4.90 Å². The van der Waals surface area contributed by atoms with Gasteiger partial charge in [0.25, 0.3) is 11.7 Å². The van der Waals surface area contributed by atoms with Gasteiger partial charge < -0.3 is 19.5 Å². The van der Waals surface area contributed by atoms with Crippen molar-refractivity contribution in [3.8, 4) is 11.5 Å². The molecule has 1 heterocycles. The van der Waals surface area contributed by atoms with Gasteiger partial charge in [0.15, 0.2) is 11.5 Å². The minimum absolute atomic E-state index is 0.108. The second kappa shape index (κ2) is 10.1. The first-order valence-electron chi connectivity index (χ1n) is 11.5. The predicted molar refractivity (Wildman–Crippen MR) is 135 cm³/mol. The predicted octanol–water partition coefficient (Wildman–Crippen LogP) is 4.99. The Balaban J connectivity index is 1.74. The van der Waals surface area contributed by atoms with E-state index in [-0.39, 0.29) is 11.3 Å². The number of ketones is 1. The van der Waals surface area contributed by atoms with Crippen LogP contribution in [0.25, 0.3) is 5.76 Å². The van der Waals surface area contributed by atoms with Crippen LogP contribution in [0.4, 0.5) is 0 Å². The fourth-order valence-corrected chi connectivity index (χ4v) is 4.45. The number of hydrogen-bond donors (Lipinski definition) is 1. The number of carbonyl (C=O) groups excluding carboxylic acids is 2. The van der Waals surface area contributed by atoms with E-state index in [0.717, 1.165) is 22.3 Å². The van der Waals surface area contributed by atoms with Crippen LogP contribution in [0.5, 0.6) is 11.5 Å². The number of hydrogen-bond acceptors (Lipinski definition) is 5. The van der Waals surface area contributed by atoms with E-state index in [1.807, 2.05) is 68.4 Å². The Morgan fingerprint density at radius 3 is 2.26 bits per heavy atom. The van der Waals surface area contributed by atoms with Gasteiger partial charge in [-0.2, -0.15) is 0 Å². The number of methoxy groups -OCH3 is 2. The van der Waals surface area contributed by atoms with Crippen molar-refractivity contribution >= 4 is 17.4 Å². The summed E-state index contributed by atoms with van der Waals surface area (Å²) in [7, 11) is 3.15. The summed E-state index contributed by atoms with van der Waals surface area (Å²) in [5.74, 6) is -0.243. The number of rotatable bonds is 7. The van der Waals surface area contributed by atoms with Gasteiger partial charge in [0.2, 0.25) is 0 Å². The molecule has 4 rings (SSSR count). The molecule has 180 valence electrons. The van der Waals surface area contributed by atoms with Crippen molar-refractivity contribution in [3.05, 3.63) is 100 Å². The topological polar surface area (TPSA) is 76.1 Å². The molecule has 1 aliphatic heterocycles. The number of carbonyl (C=O) groups is 2. The maximum absolute atomic E-state index is 13.2. The number of ether oxygens (including phenoxy) is 2. The fourth-order valence-electron chi connectivity index (χ4n) is 4.45. The molecule has 0 bridgehead atoms. The molecular weight excluding hydrogens is 442 g/mol. The van der Waals surface area contributed by atoms with E-state index in [1.54, 1.807) is 31.3 Å². The molecule has 0 saturated carbocycles. The number of aliphatic hydroxyl groups excluding tert-OH is 1. The molecule has 1 aliphatic rings. The first-order chi connectivity index (χ1) is 16.8. The SMILES string of the molecule is COc1ccc(CCN2C(=O)C(=O)/C(=C(/O)c3ccc(C)cc3)C2c2cccc(C)c2)cc1OC. The molecule has 0 aliphatic carbocycles. The molecule has 1 saturated heterocycles. The minimum atomic E-state index is -0.684. The van der Waals surface area contributed by atoms with Crippen LogP contribution >= 0.6 is 0 Å². The highest BCUT2D eigenvalue weighted by atomic mass is 16.5. The standard InChI is InChI=1S/C29H29NO5/c1-18-8-11-21(12-9-18)27(31)25-26(22-7-5-6-19(2)16-22)30(29(33)28(25)32)15-14-20-10-13-23(34-3)24(17-20)35-4/h5-13,16-17,26,31H,14-15H2,1-4H3/b27-25+. The molecule has 35 heavy (non-hydrogen) atoms. The Morgan fingerprint density at radius 2 is 1.60 bits per heavy atom. The lowest BCUT2D eigenvalue weighted by atomic mass is 9.94. The Bertz CT molecular complexity index is 1290.